The van der Waals surface area contributed by atoms with Crippen molar-refractivity contribution in [3.63, 3.8) is 0 Å². The summed E-state index contributed by atoms with van der Waals surface area (Å²) in [5, 5.41) is 1.92. The molecule has 27 heavy (non-hydrogen) atoms. The molecule has 1 aliphatic heterocycles. The summed E-state index contributed by atoms with van der Waals surface area (Å²) < 4.78 is 35.9. The molecule has 9 nitrogen and oxygen atoms in total. The minimum absolute atomic E-state index is 0.114. The minimum Gasteiger partial charge on any atom is -0.455 e. The number of nitrogens with one attached hydrogen (secondary N) is 1. The van der Waals surface area contributed by atoms with E-state index in [1.807, 2.05) is 5.32 Å². The number of hydrogen-bond donors (Lipinski definition) is 1. The van der Waals surface area contributed by atoms with Gasteiger partial charge >= 0.3 is 12.1 Å². The molecule has 0 bridgehead atoms. The molecule has 10 heteroatoms. The average molecular weight is 398 g/mol. The maximum absolute atomic E-state index is 12.5. The van der Waals surface area contributed by atoms with Gasteiger partial charge in [-0.15, -0.1) is 0 Å². The quantitative estimate of drug-likeness (QED) is 0.707. The third-order valence-electron chi connectivity index (χ3n) is 4.03. The van der Waals surface area contributed by atoms with Crippen LogP contribution in [0, 0.1) is 5.92 Å². The summed E-state index contributed by atoms with van der Waals surface area (Å²) in [5.41, 5.74) is 0. The van der Waals surface area contributed by atoms with Gasteiger partial charge in [0.25, 0.3) is 5.91 Å². The van der Waals surface area contributed by atoms with E-state index in [9.17, 15) is 22.8 Å². The second kappa shape index (κ2) is 9.47. The Morgan fingerprint density at radius 2 is 1.74 bits per heavy atom. The first-order valence-electron chi connectivity index (χ1n) is 8.53. The van der Waals surface area contributed by atoms with Crippen LogP contribution in [0.1, 0.15) is 19.8 Å². The number of piperidine rings is 1. The van der Waals surface area contributed by atoms with E-state index in [1.54, 1.807) is 25.1 Å². The standard InChI is InChI=1S/C17H22N2O7S/c1-2-25-17(22)18-15(20)12-26-16(21)13-8-10-19(11-9-13)27(23,24)14-6-4-3-5-7-14/h3-7,13H,2,8-12H2,1H3,(H,18,20,22). The van der Waals surface area contributed by atoms with Gasteiger partial charge in [0.1, 0.15) is 0 Å². The molecule has 2 rings (SSSR count). The fraction of sp³-hybridized carbons (Fsp3) is 0.471. The molecule has 1 heterocycles. The molecule has 0 atom stereocenters. The molecule has 0 spiro atoms. The van der Waals surface area contributed by atoms with E-state index in [0.29, 0.717) is 12.8 Å². The van der Waals surface area contributed by atoms with Gasteiger partial charge in [0.15, 0.2) is 6.61 Å². The third-order valence-corrected chi connectivity index (χ3v) is 5.94. The number of alkyl carbamates (subject to hydrolysis) is 1. The Labute approximate surface area is 157 Å². The number of carbonyl (C=O) groups excluding carboxylic acids is 3. The molecule has 1 saturated heterocycles. The topological polar surface area (TPSA) is 119 Å². The molecular weight excluding hydrogens is 376 g/mol. The maximum Gasteiger partial charge on any atom is 0.413 e. The Hall–Kier alpha value is -2.46. The van der Waals surface area contributed by atoms with Crippen molar-refractivity contribution >= 4 is 28.0 Å². The molecule has 148 valence electrons. The Morgan fingerprint density at radius 3 is 2.33 bits per heavy atom. The molecule has 1 N–H and O–H groups in total. The summed E-state index contributed by atoms with van der Waals surface area (Å²) in [5.74, 6) is -1.88. The number of sulfonamides is 1. The fourth-order valence-corrected chi connectivity index (χ4v) is 4.14. The van der Waals surface area contributed by atoms with E-state index >= 15 is 0 Å². The summed E-state index contributed by atoms with van der Waals surface area (Å²) in [6, 6.07) is 8.09. The molecule has 0 radical (unpaired) electrons. The van der Waals surface area contributed by atoms with Gasteiger partial charge in [-0.05, 0) is 31.9 Å². The van der Waals surface area contributed by atoms with Crippen molar-refractivity contribution < 1.29 is 32.3 Å². The lowest BCUT2D eigenvalue weighted by Gasteiger charge is -2.30. The van der Waals surface area contributed by atoms with Crippen LogP contribution >= 0.6 is 0 Å². The van der Waals surface area contributed by atoms with Gasteiger partial charge in [0.2, 0.25) is 10.0 Å². The van der Waals surface area contributed by atoms with Crippen LogP contribution in [0.15, 0.2) is 35.2 Å². The van der Waals surface area contributed by atoms with Gasteiger partial charge in [-0.3, -0.25) is 14.9 Å². The first-order valence-corrected chi connectivity index (χ1v) is 9.97. The van der Waals surface area contributed by atoms with Crippen molar-refractivity contribution in [2.45, 2.75) is 24.7 Å². The van der Waals surface area contributed by atoms with Gasteiger partial charge in [0, 0.05) is 13.1 Å². The summed E-state index contributed by atoms with van der Waals surface area (Å²) >= 11 is 0. The Balaban J connectivity index is 1.80. The first-order chi connectivity index (χ1) is 12.8. The number of amides is 2. The predicted octanol–water partition coefficient (Wildman–Crippen LogP) is 0.903. The van der Waals surface area contributed by atoms with Crippen molar-refractivity contribution in [2.75, 3.05) is 26.3 Å². The third kappa shape index (κ3) is 5.76. The number of benzene rings is 1. The molecule has 1 fully saturated rings. The van der Waals surface area contributed by atoms with Gasteiger partial charge in [-0.2, -0.15) is 4.31 Å². The number of imide groups is 1. The second-order valence-corrected chi connectivity index (χ2v) is 7.81. The van der Waals surface area contributed by atoms with E-state index < -0.39 is 40.5 Å². The Kier molecular flexibility index (Phi) is 7.31. The first kappa shape index (κ1) is 20.8. The molecule has 0 aromatic heterocycles. The van der Waals surface area contributed by atoms with Crippen molar-refractivity contribution in [1.29, 1.82) is 0 Å². The van der Waals surface area contributed by atoms with E-state index in [-0.39, 0.29) is 24.6 Å². The van der Waals surface area contributed by atoms with Crippen molar-refractivity contribution in [2.24, 2.45) is 5.92 Å². The minimum atomic E-state index is -3.59. The van der Waals surface area contributed by atoms with Crippen LogP contribution in [0.2, 0.25) is 0 Å². The number of ether oxygens (including phenoxy) is 2. The molecule has 1 aliphatic rings. The van der Waals surface area contributed by atoms with Crippen LogP contribution in [-0.2, 0) is 29.1 Å². The van der Waals surface area contributed by atoms with Crippen LogP contribution in [0.25, 0.3) is 0 Å². The number of carbonyl (C=O) groups is 3. The van der Waals surface area contributed by atoms with Crippen LogP contribution in [0.4, 0.5) is 4.79 Å². The molecule has 0 unspecified atom stereocenters. The summed E-state index contributed by atoms with van der Waals surface area (Å²) in [6.45, 7) is 1.48. The number of esters is 1. The van der Waals surface area contributed by atoms with Crippen molar-refractivity contribution in [3.8, 4) is 0 Å². The van der Waals surface area contributed by atoms with Gasteiger partial charge in [0.05, 0.1) is 17.4 Å². The lowest BCUT2D eigenvalue weighted by molar-refractivity contribution is -0.153. The Bertz CT molecular complexity index is 772. The summed E-state index contributed by atoms with van der Waals surface area (Å²) in [6.07, 6.45) is -0.313. The number of rotatable bonds is 6. The largest absolute Gasteiger partial charge is 0.455 e. The Morgan fingerprint density at radius 1 is 1.11 bits per heavy atom. The van der Waals surface area contributed by atoms with E-state index in [4.69, 9.17) is 4.74 Å². The normalized spacial score (nSPS) is 15.7. The number of hydrogen-bond acceptors (Lipinski definition) is 7. The van der Waals surface area contributed by atoms with Crippen LogP contribution < -0.4 is 5.32 Å². The molecular formula is C17H22N2O7S. The summed E-state index contributed by atoms with van der Waals surface area (Å²) in [4.78, 5) is 34.8. The van der Waals surface area contributed by atoms with E-state index in [1.165, 1.54) is 16.4 Å². The van der Waals surface area contributed by atoms with Gasteiger partial charge in [-0.1, -0.05) is 18.2 Å². The molecule has 1 aromatic rings. The van der Waals surface area contributed by atoms with E-state index in [0.717, 1.165) is 0 Å². The maximum atomic E-state index is 12.5. The lowest BCUT2D eigenvalue weighted by Crippen LogP contribution is -2.41. The zero-order valence-electron chi connectivity index (χ0n) is 14.9. The lowest BCUT2D eigenvalue weighted by atomic mass is 9.98. The number of nitrogens with zero attached hydrogens (tertiary/aromatic N) is 1. The monoisotopic (exact) mass is 398 g/mol. The van der Waals surface area contributed by atoms with Crippen LogP contribution in [0.3, 0.4) is 0 Å². The molecule has 2 amide bonds. The molecule has 0 aliphatic carbocycles. The fourth-order valence-electron chi connectivity index (χ4n) is 2.65. The van der Waals surface area contributed by atoms with Gasteiger partial charge in [-0.25, -0.2) is 13.2 Å². The highest BCUT2D eigenvalue weighted by Crippen LogP contribution is 2.24. The highest BCUT2D eigenvalue weighted by atomic mass is 32.2. The summed E-state index contributed by atoms with van der Waals surface area (Å²) in [7, 11) is -3.59. The highest BCUT2D eigenvalue weighted by Gasteiger charge is 2.32. The van der Waals surface area contributed by atoms with Crippen LogP contribution in [0.5, 0.6) is 0 Å². The molecule has 1 aromatic carbocycles. The predicted molar refractivity (Wildman–Crippen MR) is 94.0 cm³/mol. The van der Waals surface area contributed by atoms with Gasteiger partial charge < -0.3 is 9.47 Å². The highest BCUT2D eigenvalue weighted by molar-refractivity contribution is 7.89. The zero-order chi connectivity index (χ0) is 19.9. The smallest absolute Gasteiger partial charge is 0.413 e. The average Bonchev–Trinajstić information content (AvgIpc) is 2.67. The van der Waals surface area contributed by atoms with E-state index in [2.05, 4.69) is 4.74 Å². The van der Waals surface area contributed by atoms with Crippen molar-refractivity contribution in [3.05, 3.63) is 30.3 Å². The zero-order valence-corrected chi connectivity index (χ0v) is 15.7. The molecule has 0 saturated carbocycles. The van der Waals surface area contributed by atoms with Crippen molar-refractivity contribution in [1.82, 2.24) is 9.62 Å². The second-order valence-electron chi connectivity index (χ2n) is 5.87. The SMILES string of the molecule is CCOC(=O)NC(=O)COC(=O)C1CCN(S(=O)(=O)c2ccccc2)CC1. The van der Waals surface area contributed by atoms with Crippen LogP contribution in [-0.4, -0.2) is 57.0 Å².